The van der Waals surface area contributed by atoms with Crippen molar-refractivity contribution in [1.29, 1.82) is 0 Å². The lowest BCUT2D eigenvalue weighted by Gasteiger charge is -2.20. The third kappa shape index (κ3) is 4.48. The Labute approximate surface area is 158 Å². The van der Waals surface area contributed by atoms with Gasteiger partial charge in [-0.1, -0.05) is 23.7 Å². The monoisotopic (exact) mass is 374 g/mol. The lowest BCUT2D eigenvalue weighted by Crippen LogP contribution is -2.40. The molecule has 1 amide bonds. The molecule has 5 nitrogen and oxygen atoms in total. The van der Waals surface area contributed by atoms with Crippen LogP contribution in [0.2, 0.25) is 5.02 Å². The number of fused-ring (bicyclic) bond motifs is 1. The van der Waals surface area contributed by atoms with Crippen molar-refractivity contribution >= 4 is 17.5 Å². The third-order valence-electron chi connectivity index (χ3n) is 4.17. The van der Waals surface area contributed by atoms with Crippen molar-refractivity contribution in [2.45, 2.75) is 26.4 Å². The fraction of sp³-hybridized carbons (Fsp3) is 0.350. The van der Waals surface area contributed by atoms with Gasteiger partial charge in [-0.2, -0.15) is 0 Å². The maximum absolute atomic E-state index is 12.1. The number of nitrogens with zero attached hydrogens (tertiary/aromatic N) is 1. The number of phenolic OH excluding ortho intramolecular Hbond substituents is 1. The second-order valence-corrected chi connectivity index (χ2v) is 7.21. The first-order chi connectivity index (χ1) is 12.4. The van der Waals surface area contributed by atoms with Crippen LogP contribution < -0.4 is 10.1 Å². The van der Waals surface area contributed by atoms with Crippen LogP contribution in [0.15, 0.2) is 36.4 Å². The van der Waals surface area contributed by atoms with Gasteiger partial charge in [0.1, 0.15) is 6.61 Å². The van der Waals surface area contributed by atoms with Gasteiger partial charge in [0.2, 0.25) is 5.91 Å². The van der Waals surface area contributed by atoms with Gasteiger partial charge in [0.15, 0.2) is 11.5 Å². The average Bonchev–Trinajstić information content (AvgIpc) is 2.76. The number of hydrogen-bond donors (Lipinski definition) is 2. The zero-order valence-corrected chi connectivity index (χ0v) is 15.7. The van der Waals surface area contributed by atoms with Gasteiger partial charge in [0.05, 0.1) is 6.54 Å². The van der Waals surface area contributed by atoms with E-state index in [1.165, 1.54) is 0 Å². The molecule has 3 rings (SSSR count). The van der Waals surface area contributed by atoms with Crippen LogP contribution >= 0.6 is 11.6 Å². The molecule has 1 aliphatic heterocycles. The number of benzene rings is 2. The molecule has 0 fully saturated rings. The minimum Gasteiger partial charge on any atom is -0.504 e. The fourth-order valence-corrected chi connectivity index (χ4v) is 3.28. The van der Waals surface area contributed by atoms with E-state index < -0.39 is 0 Å². The molecular weight excluding hydrogens is 352 g/mol. The number of halogens is 1. The topological polar surface area (TPSA) is 61.8 Å². The SMILES string of the molecule is CC(C)NC(=O)CN1CCOc2c(O)cc(-c3cccc(Cl)c3)cc2C1. The molecule has 2 N–H and O–H groups in total. The maximum atomic E-state index is 12.1. The summed E-state index contributed by atoms with van der Waals surface area (Å²) in [7, 11) is 0. The second-order valence-electron chi connectivity index (χ2n) is 6.78. The highest BCUT2D eigenvalue weighted by atomic mass is 35.5. The molecule has 138 valence electrons. The highest BCUT2D eigenvalue weighted by Crippen LogP contribution is 2.38. The first-order valence-electron chi connectivity index (χ1n) is 8.68. The van der Waals surface area contributed by atoms with E-state index >= 15 is 0 Å². The van der Waals surface area contributed by atoms with Crippen LogP contribution in [0.4, 0.5) is 0 Å². The summed E-state index contributed by atoms with van der Waals surface area (Å²) in [5.74, 6) is 0.576. The number of aromatic hydroxyl groups is 1. The van der Waals surface area contributed by atoms with Gasteiger partial charge >= 0.3 is 0 Å². The van der Waals surface area contributed by atoms with E-state index in [9.17, 15) is 9.90 Å². The van der Waals surface area contributed by atoms with E-state index in [0.717, 1.165) is 16.7 Å². The molecule has 0 spiro atoms. The molecule has 6 heteroatoms. The van der Waals surface area contributed by atoms with Crippen molar-refractivity contribution in [2.24, 2.45) is 0 Å². The van der Waals surface area contributed by atoms with Crippen molar-refractivity contribution < 1.29 is 14.6 Å². The highest BCUT2D eigenvalue weighted by Gasteiger charge is 2.21. The summed E-state index contributed by atoms with van der Waals surface area (Å²) in [4.78, 5) is 14.1. The smallest absolute Gasteiger partial charge is 0.234 e. The van der Waals surface area contributed by atoms with Gasteiger partial charge < -0.3 is 15.2 Å². The van der Waals surface area contributed by atoms with Gasteiger partial charge in [-0.05, 0) is 49.2 Å². The van der Waals surface area contributed by atoms with Crippen molar-refractivity contribution in [2.75, 3.05) is 19.7 Å². The summed E-state index contributed by atoms with van der Waals surface area (Å²) >= 11 is 6.09. The molecule has 2 aromatic carbocycles. The number of carbonyl (C=O) groups excluding carboxylic acids is 1. The number of nitrogens with one attached hydrogen (secondary N) is 1. The van der Waals surface area contributed by atoms with Gasteiger partial charge in [0, 0.05) is 29.7 Å². The minimum atomic E-state index is -0.0151. The molecule has 0 saturated carbocycles. The Morgan fingerprint density at radius 2 is 2.12 bits per heavy atom. The summed E-state index contributed by atoms with van der Waals surface area (Å²) in [6.07, 6.45) is 0. The molecule has 1 aliphatic rings. The lowest BCUT2D eigenvalue weighted by molar-refractivity contribution is -0.122. The number of hydrogen-bond acceptors (Lipinski definition) is 4. The number of ether oxygens (including phenoxy) is 1. The van der Waals surface area contributed by atoms with Crippen LogP contribution in [0, 0.1) is 0 Å². The van der Waals surface area contributed by atoms with Gasteiger partial charge in [-0.15, -0.1) is 0 Å². The van der Waals surface area contributed by atoms with Crippen molar-refractivity contribution in [1.82, 2.24) is 10.2 Å². The summed E-state index contributed by atoms with van der Waals surface area (Å²) < 4.78 is 5.74. The summed E-state index contributed by atoms with van der Waals surface area (Å²) in [5, 5.41) is 14.0. The summed E-state index contributed by atoms with van der Waals surface area (Å²) in [6.45, 7) is 5.74. The molecule has 0 radical (unpaired) electrons. The molecule has 0 aliphatic carbocycles. The number of amides is 1. The fourth-order valence-electron chi connectivity index (χ4n) is 3.09. The maximum Gasteiger partial charge on any atom is 0.234 e. The van der Waals surface area contributed by atoms with Gasteiger partial charge in [-0.25, -0.2) is 0 Å². The quantitative estimate of drug-likeness (QED) is 0.860. The molecular formula is C20H23ClN2O3. The molecule has 0 aromatic heterocycles. The van der Waals surface area contributed by atoms with E-state index in [-0.39, 0.29) is 17.7 Å². The number of carbonyl (C=O) groups is 1. The number of rotatable bonds is 4. The van der Waals surface area contributed by atoms with E-state index in [4.69, 9.17) is 16.3 Å². The van der Waals surface area contributed by atoms with Crippen LogP contribution in [0.5, 0.6) is 11.5 Å². The minimum absolute atomic E-state index is 0.0151. The molecule has 0 saturated heterocycles. The standard InChI is InChI=1S/C20H23ClN2O3/c1-13(2)22-19(25)12-23-6-7-26-20-16(11-23)8-15(10-18(20)24)14-4-3-5-17(21)9-14/h3-5,8-10,13,24H,6-7,11-12H2,1-2H3,(H,22,25). The van der Waals surface area contributed by atoms with E-state index in [1.54, 1.807) is 6.07 Å². The van der Waals surface area contributed by atoms with E-state index in [0.29, 0.717) is 37.0 Å². The molecule has 0 unspecified atom stereocenters. The largest absolute Gasteiger partial charge is 0.504 e. The van der Waals surface area contributed by atoms with Gasteiger partial charge in [-0.3, -0.25) is 9.69 Å². The molecule has 0 bridgehead atoms. The van der Waals surface area contributed by atoms with E-state index in [2.05, 4.69) is 5.32 Å². The highest BCUT2D eigenvalue weighted by molar-refractivity contribution is 6.30. The third-order valence-corrected chi connectivity index (χ3v) is 4.40. The molecule has 26 heavy (non-hydrogen) atoms. The summed E-state index contributed by atoms with van der Waals surface area (Å²) in [5.41, 5.74) is 2.64. The van der Waals surface area contributed by atoms with Crippen LogP contribution in [0.1, 0.15) is 19.4 Å². The van der Waals surface area contributed by atoms with Crippen molar-refractivity contribution in [3.05, 3.63) is 47.0 Å². The predicted molar refractivity (Wildman–Crippen MR) is 103 cm³/mol. The van der Waals surface area contributed by atoms with Gasteiger partial charge in [0.25, 0.3) is 0 Å². The Kier molecular flexibility index (Phi) is 5.69. The van der Waals surface area contributed by atoms with Crippen LogP contribution in [0.3, 0.4) is 0 Å². The zero-order chi connectivity index (χ0) is 18.7. The molecule has 2 aromatic rings. The zero-order valence-electron chi connectivity index (χ0n) is 15.0. The average molecular weight is 375 g/mol. The second kappa shape index (κ2) is 7.98. The Morgan fingerprint density at radius 3 is 2.85 bits per heavy atom. The Hall–Kier alpha value is -2.24. The van der Waals surface area contributed by atoms with Crippen molar-refractivity contribution in [3.8, 4) is 22.6 Å². The normalized spacial score (nSPS) is 14.5. The van der Waals surface area contributed by atoms with Crippen LogP contribution in [0.25, 0.3) is 11.1 Å². The summed E-state index contributed by atoms with van der Waals surface area (Å²) in [6, 6.07) is 11.3. The Morgan fingerprint density at radius 1 is 1.31 bits per heavy atom. The Bertz CT molecular complexity index is 808. The number of phenols is 1. The molecule has 0 atom stereocenters. The van der Waals surface area contributed by atoms with Crippen LogP contribution in [-0.2, 0) is 11.3 Å². The van der Waals surface area contributed by atoms with E-state index in [1.807, 2.05) is 49.1 Å². The van der Waals surface area contributed by atoms with Crippen LogP contribution in [-0.4, -0.2) is 41.7 Å². The lowest BCUT2D eigenvalue weighted by atomic mass is 10.0. The predicted octanol–water partition coefficient (Wildman–Crippen LogP) is 3.43. The first kappa shape index (κ1) is 18.5. The van der Waals surface area contributed by atoms with Crippen molar-refractivity contribution in [3.63, 3.8) is 0 Å². The molecule has 1 heterocycles. The first-order valence-corrected chi connectivity index (χ1v) is 9.06. The Balaban J connectivity index is 1.86.